The highest BCUT2D eigenvalue weighted by Gasteiger charge is 2.48. The van der Waals surface area contributed by atoms with Crippen LogP contribution in [0, 0.1) is 11.8 Å². The van der Waals surface area contributed by atoms with E-state index in [-0.39, 0.29) is 47.9 Å². The molecule has 0 aromatic heterocycles. The topological polar surface area (TPSA) is 112 Å². The standard InChI is InChI=1S/C33H49N5O5/c1-3-42-24-17-23-18-38(33(41)30(21-9-5-4-6-10-21)36-32(40)29(34-2)22-13-14-22)27(20-37(23)19-24)31(39)35-26-15-16-43-28-12-8-7-11-25(26)28/h7-8,11-12,21-24,26-27,29-30,34H,3-6,9-10,13-20H2,1-2H3,(H,35,39)(H,36,40). The van der Waals surface area contributed by atoms with Gasteiger partial charge in [0.15, 0.2) is 0 Å². The fraction of sp³-hybridized carbons (Fsp3) is 0.727. The molecule has 6 unspecified atom stereocenters. The Hall–Kier alpha value is -2.69. The molecule has 3 aliphatic heterocycles. The lowest BCUT2D eigenvalue weighted by Gasteiger charge is -2.45. The Morgan fingerprint density at radius 2 is 1.74 bits per heavy atom. The molecule has 2 saturated heterocycles. The smallest absolute Gasteiger partial charge is 0.246 e. The largest absolute Gasteiger partial charge is 0.493 e. The summed E-state index contributed by atoms with van der Waals surface area (Å²) in [4.78, 5) is 46.5. The van der Waals surface area contributed by atoms with E-state index in [2.05, 4.69) is 20.9 Å². The number of rotatable bonds is 10. The van der Waals surface area contributed by atoms with E-state index in [0.29, 0.717) is 38.6 Å². The lowest BCUT2D eigenvalue weighted by atomic mass is 9.82. The van der Waals surface area contributed by atoms with Crippen LogP contribution in [-0.2, 0) is 19.1 Å². The van der Waals surface area contributed by atoms with Crippen LogP contribution in [0.4, 0.5) is 0 Å². The van der Waals surface area contributed by atoms with Gasteiger partial charge >= 0.3 is 0 Å². The minimum atomic E-state index is -0.648. The van der Waals surface area contributed by atoms with Crippen LogP contribution in [0.15, 0.2) is 24.3 Å². The van der Waals surface area contributed by atoms with Gasteiger partial charge in [0.05, 0.1) is 24.8 Å². The van der Waals surface area contributed by atoms with Crippen LogP contribution in [0.3, 0.4) is 0 Å². The Bertz CT molecular complexity index is 1150. The summed E-state index contributed by atoms with van der Waals surface area (Å²) in [5.41, 5.74) is 0.969. The number of piperazine rings is 1. The van der Waals surface area contributed by atoms with Gasteiger partial charge in [0, 0.05) is 44.3 Å². The Morgan fingerprint density at radius 3 is 2.49 bits per heavy atom. The van der Waals surface area contributed by atoms with Gasteiger partial charge < -0.3 is 30.3 Å². The predicted octanol–water partition coefficient (Wildman–Crippen LogP) is 2.38. The van der Waals surface area contributed by atoms with Gasteiger partial charge in [-0.1, -0.05) is 37.5 Å². The highest BCUT2D eigenvalue weighted by Crippen LogP contribution is 2.35. The van der Waals surface area contributed by atoms with Crippen LogP contribution < -0.4 is 20.7 Å². The van der Waals surface area contributed by atoms with Gasteiger partial charge in [-0.2, -0.15) is 0 Å². The van der Waals surface area contributed by atoms with Crippen LogP contribution in [0.25, 0.3) is 0 Å². The van der Waals surface area contributed by atoms with Gasteiger partial charge in [-0.25, -0.2) is 0 Å². The lowest BCUT2D eigenvalue weighted by molar-refractivity contribution is -0.149. The van der Waals surface area contributed by atoms with E-state index in [1.165, 1.54) is 0 Å². The van der Waals surface area contributed by atoms with Crippen LogP contribution in [0.1, 0.15) is 76.3 Å². The first-order valence-electron chi connectivity index (χ1n) is 16.6. The summed E-state index contributed by atoms with van der Waals surface area (Å²) < 4.78 is 11.8. The third-order valence-electron chi connectivity index (χ3n) is 10.3. The van der Waals surface area contributed by atoms with Crippen LogP contribution >= 0.6 is 0 Å². The zero-order valence-corrected chi connectivity index (χ0v) is 25.8. The number of hydrogen-bond donors (Lipinski definition) is 3. The van der Waals surface area contributed by atoms with Crippen molar-refractivity contribution >= 4 is 17.7 Å². The van der Waals surface area contributed by atoms with Crippen LogP contribution in [-0.4, -0.2) is 97.7 Å². The van der Waals surface area contributed by atoms with E-state index in [1.54, 1.807) is 4.90 Å². The number of nitrogens with zero attached hydrogens (tertiary/aromatic N) is 2. The maximum absolute atomic E-state index is 14.7. The van der Waals surface area contributed by atoms with Gasteiger partial charge in [0.25, 0.3) is 0 Å². The first-order valence-corrected chi connectivity index (χ1v) is 16.6. The van der Waals surface area contributed by atoms with Gasteiger partial charge in [0.2, 0.25) is 17.7 Å². The van der Waals surface area contributed by atoms with Crippen molar-refractivity contribution in [3.63, 3.8) is 0 Å². The number of carbonyl (C=O) groups excluding carboxylic acids is 3. The zero-order valence-electron chi connectivity index (χ0n) is 25.8. The molecule has 3 heterocycles. The van der Waals surface area contributed by atoms with Crippen LogP contribution in [0.2, 0.25) is 0 Å². The van der Waals surface area contributed by atoms with Gasteiger partial charge in [0.1, 0.15) is 17.8 Å². The first-order chi connectivity index (χ1) is 21.0. The minimum absolute atomic E-state index is 0.0748. The lowest BCUT2D eigenvalue weighted by Crippen LogP contribution is -2.66. The molecule has 10 heteroatoms. The molecule has 2 saturated carbocycles. The number of nitrogens with one attached hydrogen (secondary N) is 3. The number of hydrogen-bond acceptors (Lipinski definition) is 7. The fourth-order valence-electron chi connectivity index (χ4n) is 7.89. The first kappa shape index (κ1) is 30.3. The number of benzene rings is 1. The van der Waals surface area contributed by atoms with Gasteiger partial charge in [-0.05, 0) is 64.0 Å². The molecule has 3 amide bonds. The molecule has 236 valence electrons. The van der Waals surface area contributed by atoms with E-state index >= 15 is 0 Å². The minimum Gasteiger partial charge on any atom is -0.493 e. The Balaban J connectivity index is 1.25. The third-order valence-corrected chi connectivity index (χ3v) is 10.3. The van der Waals surface area contributed by atoms with Crippen molar-refractivity contribution in [2.24, 2.45) is 11.8 Å². The molecule has 6 atom stereocenters. The highest BCUT2D eigenvalue weighted by molar-refractivity contribution is 5.94. The number of fused-ring (bicyclic) bond motifs is 2. The number of para-hydroxylation sites is 1. The van der Waals surface area contributed by atoms with E-state index in [0.717, 1.165) is 69.2 Å². The predicted molar refractivity (Wildman–Crippen MR) is 162 cm³/mol. The Morgan fingerprint density at radius 1 is 0.977 bits per heavy atom. The Labute approximate surface area is 255 Å². The average Bonchev–Trinajstić information content (AvgIpc) is 3.78. The third kappa shape index (κ3) is 6.71. The summed E-state index contributed by atoms with van der Waals surface area (Å²) in [6, 6.07) is 6.23. The van der Waals surface area contributed by atoms with Crippen molar-refractivity contribution in [1.82, 2.24) is 25.8 Å². The second-order valence-electron chi connectivity index (χ2n) is 13.2. The maximum Gasteiger partial charge on any atom is 0.246 e. The van der Waals surface area contributed by atoms with E-state index in [1.807, 2.05) is 38.2 Å². The van der Waals surface area contributed by atoms with Gasteiger partial charge in [-0.3, -0.25) is 19.3 Å². The number of amides is 3. The van der Waals surface area contributed by atoms with Crippen molar-refractivity contribution in [3.05, 3.63) is 29.8 Å². The number of carbonyl (C=O) groups is 3. The van der Waals surface area contributed by atoms with Crippen molar-refractivity contribution < 1.29 is 23.9 Å². The molecule has 1 aromatic rings. The molecular formula is C33H49N5O5. The molecule has 43 heavy (non-hydrogen) atoms. The summed E-state index contributed by atoms with van der Waals surface area (Å²) in [7, 11) is 1.82. The van der Waals surface area contributed by atoms with Crippen LogP contribution in [0.5, 0.6) is 5.75 Å². The summed E-state index contributed by atoms with van der Waals surface area (Å²) in [6.07, 6.45) is 8.77. The maximum atomic E-state index is 14.7. The van der Waals surface area contributed by atoms with Crippen molar-refractivity contribution in [2.45, 2.75) is 101 Å². The Kier molecular flexibility index (Phi) is 9.54. The van der Waals surface area contributed by atoms with Crippen molar-refractivity contribution in [2.75, 3.05) is 39.9 Å². The molecule has 0 bridgehead atoms. The molecule has 4 fully saturated rings. The molecule has 0 radical (unpaired) electrons. The van der Waals surface area contributed by atoms with Crippen molar-refractivity contribution in [3.8, 4) is 5.75 Å². The molecule has 6 rings (SSSR count). The summed E-state index contributed by atoms with van der Waals surface area (Å²) in [5.74, 6) is 0.844. The van der Waals surface area contributed by atoms with Crippen molar-refractivity contribution in [1.29, 1.82) is 0 Å². The second-order valence-corrected chi connectivity index (χ2v) is 13.2. The van der Waals surface area contributed by atoms with E-state index in [9.17, 15) is 14.4 Å². The molecule has 3 N–H and O–H groups in total. The molecule has 10 nitrogen and oxygen atoms in total. The number of likely N-dealkylation sites (N-methyl/N-ethyl adjacent to an activating group) is 1. The molecular weight excluding hydrogens is 546 g/mol. The highest BCUT2D eigenvalue weighted by atomic mass is 16.5. The SMILES string of the molecule is CCOC1CC2CN(C(=O)C(NC(=O)C(NC)C3CC3)C3CCCCC3)C(C(=O)NC3CCOc4ccccc43)CN2C1. The van der Waals surface area contributed by atoms with E-state index < -0.39 is 12.1 Å². The summed E-state index contributed by atoms with van der Waals surface area (Å²) in [6.45, 7) is 4.86. The molecule has 0 spiro atoms. The second kappa shape index (κ2) is 13.5. The average molecular weight is 596 g/mol. The monoisotopic (exact) mass is 595 g/mol. The molecule has 5 aliphatic rings. The quantitative estimate of drug-likeness (QED) is 0.381. The number of ether oxygens (including phenoxy) is 2. The zero-order chi connectivity index (χ0) is 29.9. The fourth-order valence-corrected chi connectivity index (χ4v) is 7.89. The summed E-state index contributed by atoms with van der Waals surface area (Å²) in [5, 5.41) is 9.69. The van der Waals surface area contributed by atoms with Gasteiger partial charge in [-0.15, -0.1) is 0 Å². The van der Waals surface area contributed by atoms with E-state index in [4.69, 9.17) is 9.47 Å². The normalized spacial score (nSPS) is 29.1. The molecule has 2 aliphatic carbocycles. The summed E-state index contributed by atoms with van der Waals surface area (Å²) >= 11 is 0. The molecule has 1 aromatic carbocycles.